The van der Waals surface area contributed by atoms with Gasteiger partial charge in [-0.3, -0.25) is 20.2 Å². The second kappa shape index (κ2) is 7.63. The van der Waals surface area contributed by atoms with Gasteiger partial charge in [-0.2, -0.15) is 11.8 Å². The quantitative estimate of drug-likeness (QED) is 0.510. The number of hydrogen-bond acceptors (Lipinski definition) is 5. The second-order valence-electron chi connectivity index (χ2n) is 4.58. The van der Waals surface area contributed by atoms with Gasteiger partial charge in [0.2, 0.25) is 0 Å². The molecule has 0 amide bonds. The zero-order valence-electron chi connectivity index (χ0n) is 11.6. The molecule has 120 valence electrons. The highest BCUT2D eigenvalue weighted by Crippen LogP contribution is 2.29. The smallest absolute Gasteiger partial charge is 0.258 e. The monoisotopic (exact) mass is 372 g/mol. The Morgan fingerprint density at radius 1 is 0.826 bits per heavy atom. The first-order chi connectivity index (χ1) is 10.9. The van der Waals surface area contributed by atoms with Gasteiger partial charge in [-0.05, 0) is 23.3 Å². The van der Waals surface area contributed by atoms with E-state index >= 15 is 0 Å². The lowest BCUT2D eigenvalue weighted by atomic mass is 10.2. The molecule has 0 N–H and O–H groups in total. The van der Waals surface area contributed by atoms with Crippen LogP contribution in [0.2, 0.25) is 10.0 Å². The van der Waals surface area contributed by atoms with Crippen molar-refractivity contribution in [3.05, 3.63) is 77.8 Å². The van der Waals surface area contributed by atoms with Gasteiger partial charge in [0.05, 0.1) is 9.85 Å². The van der Waals surface area contributed by atoms with Crippen LogP contribution < -0.4 is 0 Å². The average molecular weight is 373 g/mol. The van der Waals surface area contributed by atoms with E-state index in [9.17, 15) is 20.2 Å². The van der Waals surface area contributed by atoms with Gasteiger partial charge < -0.3 is 0 Å². The van der Waals surface area contributed by atoms with Crippen LogP contribution in [0, 0.1) is 20.2 Å². The lowest BCUT2D eigenvalue weighted by molar-refractivity contribution is -0.384. The Kier molecular flexibility index (Phi) is 5.81. The Morgan fingerprint density at radius 3 is 1.52 bits per heavy atom. The van der Waals surface area contributed by atoms with Gasteiger partial charge >= 0.3 is 0 Å². The van der Waals surface area contributed by atoms with Gasteiger partial charge in [0.15, 0.2) is 0 Å². The summed E-state index contributed by atoms with van der Waals surface area (Å²) in [5, 5.41) is 21.6. The third-order valence-corrected chi connectivity index (χ3v) is 4.64. The van der Waals surface area contributed by atoms with Crippen LogP contribution in [0.1, 0.15) is 11.1 Å². The maximum absolute atomic E-state index is 10.7. The number of halogens is 2. The molecule has 2 aromatic rings. The first-order valence-electron chi connectivity index (χ1n) is 6.32. The average Bonchev–Trinajstić information content (AvgIpc) is 2.46. The van der Waals surface area contributed by atoms with Crippen LogP contribution >= 0.6 is 35.0 Å². The highest BCUT2D eigenvalue weighted by molar-refractivity contribution is 7.97. The van der Waals surface area contributed by atoms with Gasteiger partial charge in [0.1, 0.15) is 10.0 Å². The van der Waals surface area contributed by atoms with Gasteiger partial charge in [-0.1, -0.05) is 35.3 Å². The molecule has 6 nitrogen and oxygen atoms in total. The van der Waals surface area contributed by atoms with Crippen molar-refractivity contribution in [3.63, 3.8) is 0 Å². The van der Waals surface area contributed by atoms with Crippen molar-refractivity contribution in [2.75, 3.05) is 0 Å². The topological polar surface area (TPSA) is 86.3 Å². The van der Waals surface area contributed by atoms with E-state index in [-0.39, 0.29) is 21.4 Å². The summed E-state index contributed by atoms with van der Waals surface area (Å²) >= 11 is 13.3. The Hall–Kier alpha value is -1.83. The van der Waals surface area contributed by atoms with Gasteiger partial charge in [-0.25, -0.2) is 0 Å². The Morgan fingerprint density at radius 2 is 1.22 bits per heavy atom. The van der Waals surface area contributed by atoms with Crippen molar-refractivity contribution in [2.45, 2.75) is 11.5 Å². The molecule has 2 rings (SSSR count). The summed E-state index contributed by atoms with van der Waals surface area (Å²) in [5.74, 6) is 1.21. The molecule has 0 bridgehead atoms. The first-order valence-corrected chi connectivity index (χ1v) is 8.23. The third kappa shape index (κ3) is 4.57. The number of nitro benzene ring substituents is 2. The van der Waals surface area contributed by atoms with E-state index in [1.807, 2.05) is 0 Å². The fraction of sp³-hybridized carbons (Fsp3) is 0.143. The van der Waals surface area contributed by atoms with Crippen molar-refractivity contribution in [1.29, 1.82) is 0 Å². The molecular weight excluding hydrogens is 363 g/mol. The fourth-order valence-electron chi connectivity index (χ4n) is 1.86. The van der Waals surface area contributed by atoms with Crippen molar-refractivity contribution < 1.29 is 9.85 Å². The van der Waals surface area contributed by atoms with Gasteiger partial charge in [0, 0.05) is 23.6 Å². The summed E-state index contributed by atoms with van der Waals surface area (Å²) in [6, 6.07) is 9.19. The molecule has 0 aliphatic rings. The van der Waals surface area contributed by atoms with E-state index in [2.05, 4.69) is 0 Å². The minimum absolute atomic E-state index is 0.103. The summed E-state index contributed by atoms with van der Waals surface area (Å²) in [5.41, 5.74) is 1.47. The van der Waals surface area contributed by atoms with E-state index in [0.29, 0.717) is 11.5 Å². The van der Waals surface area contributed by atoms with E-state index in [1.165, 1.54) is 12.1 Å². The number of hydrogen-bond donors (Lipinski definition) is 0. The molecule has 0 heterocycles. The molecule has 0 fully saturated rings. The molecule has 0 saturated carbocycles. The molecule has 2 aromatic carbocycles. The number of benzene rings is 2. The van der Waals surface area contributed by atoms with Crippen LogP contribution in [0.5, 0.6) is 0 Å². The van der Waals surface area contributed by atoms with Crippen LogP contribution in [-0.4, -0.2) is 9.85 Å². The molecule has 9 heteroatoms. The second-order valence-corrected chi connectivity index (χ2v) is 6.38. The molecule has 0 radical (unpaired) electrons. The summed E-state index contributed by atoms with van der Waals surface area (Å²) in [4.78, 5) is 20.3. The molecular formula is C14H10Cl2N2O4S. The SMILES string of the molecule is O=[N+]([O-])c1ccc(CSCc2ccc([N+](=O)[O-])c(Cl)c2)cc1Cl. The first kappa shape index (κ1) is 17.5. The third-order valence-electron chi connectivity index (χ3n) is 2.96. The van der Waals surface area contributed by atoms with E-state index < -0.39 is 9.85 Å². The standard InChI is InChI=1S/C14H10Cl2N2O4S/c15-11-5-9(1-3-13(11)17(19)20)7-23-8-10-2-4-14(18(21)22)12(16)6-10/h1-6H,7-8H2. The lowest BCUT2D eigenvalue weighted by Crippen LogP contribution is -1.92. The lowest BCUT2D eigenvalue weighted by Gasteiger charge is -2.04. The molecule has 0 unspecified atom stereocenters. The molecule has 0 aliphatic heterocycles. The zero-order chi connectivity index (χ0) is 17.0. The predicted molar refractivity (Wildman–Crippen MR) is 91.2 cm³/mol. The molecule has 0 saturated heterocycles. The summed E-state index contributed by atoms with van der Waals surface area (Å²) in [6.07, 6.45) is 0. The maximum atomic E-state index is 10.7. The minimum atomic E-state index is -0.530. The number of nitrogens with zero attached hydrogens (tertiary/aromatic N) is 2. The largest absolute Gasteiger partial charge is 0.287 e. The number of thioether (sulfide) groups is 1. The molecule has 0 aromatic heterocycles. The number of rotatable bonds is 6. The van der Waals surface area contributed by atoms with Crippen molar-refractivity contribution >= 4 is 46.3 Å². The van der Waals surface area contributed by atoms with E-state index in [1.54, 1.807) is 36.0 Å². The van der Waals surface area contributed by atoms with Gasteiger partial charge in [-0.15, -0.1) is 0 Å². The van der Waals surface area contributed by atoms with Crippen molar-refractivity contribution in [2.24, 2.45) is 0 Å². The fourth-order valence-corrected chi connectivity index (χ4v) is 3.34. The van der Waals surface area contributed by atoms with Crippen molar-refractivity contribution in [1.82, 2.24) is 0 Å². The van der Waals surface area contributed by atoms with E-state index in [4.69, 9.17) is 23.2 Å². The number of nitro groups is 2. The molecule has 0 aliphatic carbocycles. The van der Waals surface area contributed by atoms with Crippen LogP contribution in [0.3, 0.4) is 0 Å². The molecule has 0 atom stereocenters. The van der Waals surface area contributed by atoms with Crippen molar-refractivity contribution in [3.8, 4) is 0 Å². The highest BCUT2D eigenvalue weighted by Gasteiger charge is 2.13. The summed E-state index contributed by atoms with van der Waals surface area (Å²) in [7, 11) is 0. The predicted octanol–water partition coefficient (Wildman–Crippen LogP) is 5.24. The summed E-state index contributed by atoms with van der Waals surface area (Å²) < 4.78 is 0. The maximum Gasteiger partial charge on any atom is 0.287 e. The zero-order valence-corrected chi connectivity index (χ0v) is 13.9. The highest BCUT2D eigenvalue weighted by atomic mass is 35.5. The van der Waals surface area contributed by atoms with Crippen LogP contribution in [0.15, 0.2) is 36.4 Å². The van der Waals surface area contributed by atoms with Crippen LogP contribution in [-0.2, 0) is 11.5 Å². The van der Waals surface area contributed by atoms with Crippen LogP contribution in [0.25, 0.3) is 0 Å². The Balaban J connectivity index is 1.97. The minimum Gasteiger partial charge on any atom is -0.258 e. The van der Waals surface area contributed by atoms with Gasteiger partial charge in [0.25, 0.3) is 11.4 Å². The van der Waals surface area contributed by atoms with Crippen LogP contribution in [0.4, 0.5) is 11.4 Å². The Bertz CT molecular complexity index is 707. The Labute approximate surface area is 145 Å². The summed E-state index contributed by atoms with van der Waals surface area (Å²) in [6.45, 7) is 0. The van der Waals surface area contributed by atoms with E-state index in [0.717, 1.165) is 11.1 Å². The molecule has 0 spiro atoms. The normalized spacial score (nSPS) is 10.5. The molecule has 23 heavy (non-hydrogen) atoms.